The molecule has 2 atom stereocenters. The molecule has 2 unspecified atom stereocenters. The van der Waals surface area contributed by atoms with Gasteiger partial charge >= 0.3 is 0 Å². The van der Waals surface area contributed by atoms with Gasteiger partial charge in [-0.25, -0.2) is 0 Å². The zero-order valence-electron chi connectivity index (χ0n) is 12.1. The van der Waals surface area contributed by atoms with Crippen molar-refractivity contribution in [3.8, 4) is 0 Å². The van der Waals surface area contributed by atoms with Crippen molar-refractivity contribution >= 4 is 11.8 Å². The first-order valence-electron chi connectivity index (χ1n) is 6.69. The number of hydrogen-bond acceptors (Lipinski definition) is 4. The summed E-state index contributed by atoms with van der Waals surface area (Å²) in [6, 6.07) is 0.843. The zero-order valence-corrected chi connectivity index (χ0v) is 12.1. The summed E-state index contributed by atoms with van der Waals surface area (Å²) in [6.07, 6.45) is 2.75. The highest BCUT2D eigenvalue weighted by Gasteiger charge is 2.18. The second kappa shape index (κ2) is 7.69. The summed E-state index contributed by atoms with van der Waals surface area (Å²) in [5.74, 6) is -0.339. The van der Waals surface area contributed by atoms with Crippen molar-refractivity contribution in [3.63, 3.8) is 0 Å². The summed E-state index contributed by atoms with van der Waals surface area (Å²) in [6.45, 7) is 5.77. The van der Waals surface area contributed by atoms with Crippen molar-refractivity contribution in [2.24, 2.45) is 5.92 Å². The van der Waals surface area contributed by atoms with Crippen molar-refractivity contribution in [2.45, 2.75) is 39.3 Å². The van der Waals surface area contributed by atoms with Gasteiger partial charge in [0.1, 0.15) is 12.3 Å². The summed E-state index contributed by atoms with van der Waals surface area (Å²) >= 11 is 0. The van der Waals surface area contributed by atoms with Gasteiger partial charge in [0.2, 0.25) is 5.91 Å². The largest absolute Gasteiger partial charge is 0.472 e. The average Bonchev–Trinajstić information content (AvgIpc) is 2.88. The molecule has 1 rings (SSSR count). The van der Waals surface area contributed by atoms with E-state index in [2.05, 4.69) is 10.6 Å². The van der Waals surface area contributed by atoms with E-state index in [9.17, 15) is 14.7 Å². The molecule has 1 heterocycles. The lowest BCUT2D eigenvalue weighted by Gasteiger charge is -2.17. The van der Waals surface area contributed by atoms with Crippen LogP contribution in [0.4, 0.5) is 0 Å². The molecule has 6 heteroatoms. The molecule has 0 radical (unpaired) electrons. The summed E-state index contributed by atoms with van der Waals surface area (Å²) in [7, 11) is 0. The highest BCUT2D eigenvalue weighted by Crippen LogP contribution is 2.03. The Hall–Kier alpha value is -1.82. The van der Waals surface area contributed by atoms with Gasteiger partial charge in [0, 0.05) is 6.54 Å². The van der Waals surface area contributed by atoms with E-state index in [1.807, 2.05) is 13.8 Å². The number of carbonyl (C=O) groups excluding carboxylic acids is 2. The molecular weight excluding hydrogens is 260 g/mol. The van der Waals surface area contributed by atoms with Crippen LogP contribution in [0.25, 0.3) is 0 Å². The Morgan fingerprint density at radius 3 is 2.60 bits per heavy atom. The molecule has 0 saturated heterocycles. The SMILES string of the molecule is CC(C)CC(O)CNC(=O)C(C)NC(=O)c1ccoc1. The van der Waals surface area contributed by atoms with Gasteiger partial charge in [0.25, 0.3) is 5.91 Å². The van der Waals surface area contributed by atoms with Crippen LogP contribution in [0.3, 0.4) is 0 Å². The van der Waals surface area contributed by atoms with Gasteiger partial charge in [-0.15, -0.1) is 0 Å². The third kappa shape index (κ3) is 5.44. The predicted molar refractivity (Wildman–Crippen MR) is 74.1 cm³/mol. The molecule has 0 aliphatic heterocycles. The van der Waals surface area contributed by atoms with E-state index >= 15 is 0 Å². The van der Waals surface area contributed by atoms with Crippen molar-refractivity contribution in [1.82, 2.24) is 10.6 Å². The molecule has 0 aromatic carbocycles. The first kappa shape index (κ1) is 16.2. The fourth-order valence-electron chi connectivity index (χ4n) is 1.74. The van der Waals surface area contributed by atoms with E-state index in [4.69, 9.17) is 4.42 Å². The van der Waals surface area contributed by atoms with E-state index in [1.165, 1.54) is 18.6 Å². The van der Waals surface area contributed by atoms with Crippen LogP contribution in [-0.4, -0.2) is 35.6 Å². The van der Waals surface area contributed by atoms with Crippen molar-refractivity contribution in [3.05, 3.63) is 24.2 Å². The minimum atomic E-state index is -0.677. The number of furan rings is 1. The van der Waals surface area contributed by atoms with Crippen molar-refractivity contribution in [1.29, 1.82) is 0 Å². The van der Waals surface area contributed by atoms with E-state index < -0.39 is 12.1 Å². The molecule has 0 saturated carbocycles. The van der Waals surface area contributed by atoms with E-state index in [-0.39, 0.29) is 18.4 Å². The minimum absolute atomic E-state index is 0.183. The van der Waals surface area contributed by atoms with Crippen LogP contribution in [0.5, 0.6) is 0 Å². The van der Waals surface area contributed by atoms with E-state index in [1.54, 1.807) is 6.92 Å². The van der Waals surface area contributed by atoms with Crippen LogP contribution >= 0.6 is 0 Å². The normalized spacial score (nSPS) is 13.8. The van der Waals surface area contributed by atoms with Gasteiger partial charge < -0.3 is 20.2 Å². The summed E-state index contributed by atoms with van der Waals surface area (Å²) in [5, 5.41) is 14.8. The summed E-state index contributed by atoms with van der Waals surface area (Å²) in [5.41, 5.74) is 0.365. The Morgan fingerprint density at radius 2 is 2.05 bits per heavy atom. The highest BCUT2D eigenvalue weighted by atomic mass is 16.3. The zero-order chi connectivity index (χ0) is 15.1. The third-order valence-corrected chi connectivity index (χ3v) is 2.78. The van der Waals surface area contributed by atoms with Crippen molar-refractivity contribution < 1.29 is 19.1 Å². The highest BCUT2D eigenvalue weighted by molar-refractivity contribution is 5.97. The van der Waals surface area contributed by atoms with Crippen LogP contribution in [0.1, 0.15) is 37.6 Å². The Labute approximate surface area is 118 Å². The fourth-order valence-corrected chi connectivity index (χ4v) is 1.74. The molecule has 112 valence electrons. The second-order valence-corrected chi connectivity index (χ2v) is 5.24. The maximum Gasteiger partial charge on any atom is 0.255 e. The standard InChI is InChI=1S/C14H22N2O4/c1-9(2)6-12(17)7-15-13(18)10(3)16-14(19)11-4-5-20-8-11/h4-5,8-10,12,17H,6-7H2,1-3H3,(H,15,18)(H,16,19). The molecule has 1 aromatic rings. The predicted octanol–water partition coefficient (Wildman–Crippen LogP) is 0.921. The van der Waals surface area contributed by atoms with Crippen LogP contribution in [-0.2, 0) is 4.79 Å². The maximum atomic E-state index is 11.8. The molecule has 0 fully saturated rings. The van der Waals surface area contributed by atoms with Gasteiger partial charge in [-0.1, -0.05) is 13.8 Å². The lowest BCUT2D eigenvalue weighted by atomic mass is 10.1. The van der Waals surface area contributed by atoms with Crippen LogP contribution in [0.15, 0.2) is 23.0 Å². The lowest BCUT2D eigenvalue weighted by molar-refractivity contribution is -0.123. The first-order chi connectivity index (χ1) is 9.40. The fraction of sp³-hybridized carbons (Fsp3) is 0.571. The Balaban J connectivity index is 2.34. The second-order valence-electron chi connectivity index (χ2n) is 5.24. The van der Waals surface area contributed by atoms with Gasteiger partial charge in [-0.05, 0) is 25.3 Å². The van der Waals surface area contributed by atoms with Gasteiger partial charge in [0.15, 0.2) is 0 Å². The Bertz CT molecular complexity index is 428. The molecule has 0 aliphatic carbocycles. The Morgan fingerprint density at radius 1 is 1.35 bits per heavy atom. The Kier molecular flexibility index (Phi) is 6.24. The molecule has 6 nitrogen and oxygen atoms in total. The van der Waals surface area contributed by atoms with Gasteiger partial charge in [-0.2, -0.15) is 0 Å². The van der Waals surface area contributed by atoms with Gasteiger partial charge in [0.05, 0.1) is 17.9 Å². The quantitative estimate of drug-likeness (QED) is 0.693. The molecule has 0 spiro atoms. The monoisotopic (exact) mass is 282 g/mol. The molecule has 3 N–H and O–H groups in total. The van der Waals surface area contributed by atoms with Crippen molar-refractivity contribution in [2.75, 3.05) is 6.54 Å². The van der Waals surface area contributed by atoms with Crippen LogP contribution in [0, 0.1) is 5.92 Å². The molecule has 2 amide bonds. The lowest BCUT2D eigenvalue weighted by Crippen LogP contribution is -2.46. The number of hydrogen-bond donors (Lipinski definition) is 3. The number of rotatable bonds is 7. The number of aliphatic hydroxyl groups excluding tert-OH is 1. The summed E-state index contributed by atoms with van der Waals surface area (Å²) < 4.78 is 4.80. The number of nitrogens with one attached hydrogen (secondary N) is 2. The minimum Gasteiger partial charge on any atom is -0.472 e. The number of aliphatic hydroxyl groups is 1. The molecule has 0 bridgehead atoms. The van der Waals surface area contributed by atoms with Crippen LogP contribution in [0.2, 0.25) is 0 Å². The van der Waals surface area contributed by atoms with Crippen LogP contribution < -0.4 is 10.6 Å². The number of carbonyl (C=O) groups is 2. The maximum absolute atomic E-state index is 11.8. The third-order valence-electron chi connectivity index (χ3n) is 2.78. The topological polar surface area (TPSA) is 91.6 Å². The smallest absolute Gasteiger partial charge is 0.255 e. The van der Waals surface area contributed by atoms with E-state index in [0.29, 0.717) is 17.9 Å². The van der Waals surface area contributed by atoms with E-state index in [0.717, 1.165) is 0 Å². The molecule has 0 aliphatic rings. The van der Waals surface area contributed by atoms with Gasteiger partial charge in [-0.3, -0.25) is 9.59 Å². The average molecular weight is 282 g/mol. The molecule has 1 aromatic heterocycles. The first-order valence-corrected chi connectivity index (χ1v) is 6.69. The molecule has 20 heavy (non-hydrogen) atoms. The summed E-state index contributed by atoms with van der Waals surface area (Å²) in [4.78, 5) is 23.5. The molecular formula is C14H22N2O4. The number of amides is 2.